The third-order valence-electron chi connectivity index (χ3n) is 8.86. The van der Waals surface area contributed by atoms with Gasteiger partial charge in [0.1, 0.15) is 11.6 Å². The van der Waals surface area contributed by atoms with Crippen molar-refractivity contribution in [3.63, 3.8) is 0 Å². The highest BCUT2D eigenvalue weighted by molar-refractivity contribution is 6.00. The first-order valence-corrected chi connectivity index (χ1v) is 12.8. The molecule has 5 atom stereocenters. The SMILES string of the molecule is C[C@@]12C=C[C@@]3(O1)[C@H](C(=O)N(C1CC1)[C@@H]3C(=O)NC1CCCC1)[C@@H]2C(=O)NC1CCCCC1. The smallest absolute Gasteiger partial charge is 0.246 e. The average Bonchev–Trinajstić information content (AvgIpc) is 3.13. The fraction of sp³-hybridized carbons (Fsp3) is 0.800. The molecule has 174 valence electrons. The van der Waals surface area contributed by atoms with Gasteiger partial charge in [-0.15, -0.1) is 0 Å². The third kappa shape index (κ3) is 2.99. The van der Waals surface area contributed by atoms with Gasteiger partial charge in [0.05, 0.1) is 17.4 Å². The van der Waals surface area contributed by atoms with Gasteiger partial charge in [-0.3, -0.25) is 14.4 Å². The van der Waals surface area contributed by atoms with Crippen LogP contribution in [0.1, 0.15) is 77.6 Å². The van der Waals surface area contributed by atoms with E-state index in [2.05, 4.69) is 10.6 Å². The molecule has 5 fully saturated rings. The van der Waals surface area contributed by atoms with Gasteiger partial charge in [0.15, 0.2) is 0 Å². The highest BCUT2D eigenvalue weighted by Crippen LogP contribution is 2.61. The van der Waals surface area contributed by atoms with Crippen LogP contribution >= 0.6 is 0 Å². The number of amides is 3. The van der Waals surface area contributed by atoms with Crippen molar-refractivity contribution in [1.29, 1.82) is 0 Å². The van der Waals surface area contributed by atoms with Crippen molar-refractivity contribution >= 4 is 17.7 Å². The highest BCUT2D eigenvalue weighted by atomic mass is 16.5. The number of hydrogen-bond donors (Lipinski definition) is 2. The second-order valence-electron chi connectivity index (χ2n) is 11.1. The Morgan fingerprint density at radius 2 is 1.50 bits per heavy atom. The fourth-order valence-corrected chi connectivity index (χ4v) is 7.20. The summed E-state index contributed by atoms with van der Waals surface area (Å²) in [4.78, 5) is 42.7. The van der Waals surface area contributed by atoms with E-state index in [0.29, 0.717) is 0 Å². The summed E-state index contributed by atoms with van der Waals surface area (Å²) in [6.45, 7) is 1.91. The molecule has 2 bridgehead atoms. The maximum absolute atomic E-state index is 13.8. The third-order valence-corrected chi connectivity index (χ3v) is 8.86. The lowest BCUT2D eigenvalue weighted by Crippen LogP contribution is -2.56. The van der Waals surface area contributed by atoms with Gasteiger partial charge in [0.25, 0.3) is 0 Å². The van der Waals surface area contributed by atoms with Gasteiger partial charge in [0, 0.05) is 18.1 Å². The summed E-state index contributed by atoms with van der Waals surface area (Å²) in [7, 11) is 0. The Balaban J connectivity index is 1.31. The molecule has 0 unspecified atom stereocenters. The van der Waals surface area contributed by atoms with Crippen LogP contribution in [0.2, 0.25) is 0 Å². The van der Waals surface area contributed by atoms with Gasteiger partial charge in [-0.2, -0.15) is 0 Å². The molecule has 7 nitrogen and oxygen atoms in total. The minimum atomic E-state index is -1.04. The fourth-order valence-electron chi connectivity index (χ4n) is 7.20. The molecule has 2 saturated heterocycles. The Morgan fingerprint density at radius 3 is 2.12 bits per heavy atom. The van der Waals surface area contributed by atoms with Crippen molar-refractivity contribution in [3.8, 4) is 0 Å². The number of carbonyl (C=O) groups excluding carboxylic acids is 3. The molecule has 0 aromatic carbocycles. The summed E-state index contributed by atoms with van der Waals surface area (Å²) < 4.78 is 6.58. The molecular weight excluding hydrogens is 406 g/mol. The number of rotatable bonds is 5. The van der Waals surface area contributed by atoms with Crippen LogP contribution < -0.4 is 10.6 Å². The summed E-state index contributed by atoms with van der Waals surface area (Å²) in [6.07, 6.45) is 15.4. The van der Waals surface area contributed by atoms with E-state index in [1.807, 2.05) is 19.1 Å². The lowest BCUT2D eigenvalue weighted by atomic mass is 9.70. The van der Waals surface area contributed by atoms with Crippen molar-refractivity contribution in [2.45, 2.75) is 113 Å². The summed E-state index contributed by atoms with van der Waals surface area (Å²) in [5, 5.41) is 6.46. The van der Waals surface area contributed by atoms with Crippen molar-refractivity contribution in [2.75, 3.05) is 0 Å². The quantitative estimate of drug-likeness (QED) is 0.641. The molecule has 0 aromatic heterocycles. The van der Waals surface area contributed by atoms with E-state index >= 15 is 0 Å². The Morgan fingerprint density at radius 1 is 0.906 bits per heavy atom. The van der Waals surface area contributed by atoms with E-state index in [0.717, 1.165) is 64.2 Å². The van der Waals surface area contributed by atoms with E-state index in [-0.39, 0.29) is 35.8 Å². The second kappa shape index (κ2) is 7.31. The summed E-state index contributed by atoms with van der Waals surface area (Å²) >= 11 is 0. The molecule has 3 heterocycles. The molecule has 6 aliphatic rings. The van der Waals surface area contributed by atoms with Gasteiger partial charge >= 0.3 is 0 Å². The lowest BCUT2D eigenvalue weighted by molar-refractivity contribution is -0.146. The predicted octanol–water partition coefficient (Wildman–Crippen LogP) is 2.20. The Bertz CT molecular complexity index is 857. The predicted molar refractivity (Wildman–Crippen MR) is 117 cm³/mol. The second-order valence-corrected chi connectivity index (χ2v) is 11.1. The molecule has 1 spiro atoms. The number of carbonyl (C=O) groups is 3. The number of fused-ring (bicyclic) bond motifs is 1. The van der Waals surface area contributed by atoms with Crippen LogP contribution in [-0.4, -0.2) is 58.0 Å². The van der Waals surface area contributed by atoms with Crippen molar-refractivity contribution in [3.05, 3.63) is 12.2 Å². The summed E-state index contributed by atoms with van der Waals surface area (Å²) in [5.41, 5.74) is -1.88. The maximum Gasteiger partial charge on any atom is 0.246 e. The molecule has 3 aliphatic carbocycles. The van der Waals surface area contributed by atoms with E-state index in [1.165, 1.54) is 6.42 Å². The number of likely N-dealkylation sites (tertiary alicyclic amines) is 1. The molecule has 2 N–H and O–H groups in total. The lowest BCUT2D eigenvalue weighted by Gasteiger charge is -2.34. The minimum Gasteiger partial charge on any atom is -0.356 e. The van der Waals surface area contributed by atoms with Crippen molar-refractivity contribution in [2.24, 2.45) is 11.8 Å². The first-order chi connectivity index (χ1) is 15.4. The molecule has 0 aromatic rings. The molecule has 6 rings (SSSR count). The molecule has 7 heteroatoms. The Hall–Kier alpha value is -1.89. The van der Waals surface area contributed by atoms with E-state index in [1.54, 1.807) is 4.90 Å². The minimum absolute atomic E-state index is 0.0732. The first-order valence-electron chi connectivity index (χ1n) is 12.8. The standard InChI is InChI=1S/C25H35N3O4/c1-24-13-14-25(32-24)19(18(24)21(29)26-15-7-3-2-4-8-15)23(31)28(17-11-12-17)20(25)22(30)27-16-9-5-6-10-16/h13-20H,2-12H2,1H3,(H,26,29)(H,27,30)/t18-,19+,20-,24+,25-/m1/s1. The molecule has 3 amide bonds. The number of nitrogens with zero attached hydrogens (tertiary/aromatic N) is 1. The molecular formula is C25H35N3O4. The van der Waals surface area contributed by atoms with Gasteiger partial charge in [-0.25, -0.2) is 0 Å². The molecule has 3 aliphatic heterocycles. The van der Waals surface area contributed by atoms with Crippen LogP contribution in [0.5, 0.6) is 0 Å². The van der Waals surface area contributed by atoms with E-state index in [9.17, 15) is 14.4 Å². The summed E-state index contributed by atoms with van der Waals surface area (Å²) in [6, 6.07) is -0.236. The topological polar surface area (TPSA) is 87.7 Å². The zero-order valence-electron chi connectivity index (χ0n) is 19.0. The van der Waals surface area contributed by atoms with Gasteiger partial charge in [0.2, 0.25) is 17.7 Å². The van der Waals surface area contributed by atoms with Crippen LogP contribution in [-0.2, 0) is 19.1 Å². The van der Waals surface area contributed by atoms with E-state index < -0.39 is 29.1 Å². The maximum atomic E-state index is 13.8. The van der Waals surface area contributed by atoms with Gasteiger partial charge in [-0.1, -0.05) is 44.3 Å². The van der Waals surface area contributed by atoms with Gasteiger partial charge < -0.3 is 20.3 Å². The Labute approximate surface area is 189 Å². The normalized spacial score (nSPS) is 41.3. The van der Waals surface area contributed by atoms with Crippen molar-refractivity contribution in [1.82, 2.24) is 15.5 Å². The first kappa shape index (κ1) is 20.7. The summed E-state index contributed by atoms with van der Waals surface area (Å²) in [5.74, 6) is -1.48. The Kier molecular flexibility index (Phi) is 4.73. The number of nitrogens with one attached hydrogen (secondary N) is 2. The molecule has 3 saturated carbocycles. The zero-order valence-corrected chi connectivity index (χ0v) is 19.0. The number of ether oxygens (including phenoxy) is 1. The molecule has 32 heavy (non-hydrogen) atoms. The average molecular weight is 442 g/mol. The van der Waals surface area contributed by atoms with Crippen LogP contribution in [0.15, 0.2) is 12.2 Å². The highest BCUT2D eigenvalue weighted by Gasteiger charge is 2.77. The van der Waals surface area contributed by atoms with E-state index in [4.69, 9.17) is 4.74 Å². The monoisotopic (exact) mass is 441 g/mol. The van der Waals surface area contributed by atoms with Crippen LogP contribution in [0.4, 0.5) is 0 Å². The number of hydrogen-bond acceptors (Lipinski definition) is 4. The zero-order chi connectivity index (χ0) is 22.1. The van der Waals surface area contributed by atoms with Crippen LogP contribution in [0.25, 0.3) is 0 Å². The van der Waals surface area contributed by atoms with Crippen molar-refractivity contribution < 1.29 is 19.1 Å². The molecule has 0 radical (unpaired) electrons. The van der Waals surface area contributed by atoms with Crippen LogP contribution in [0, 0.1) is 11.8 Å². The largest absolute Gasteiger partial charge is 0.356 e. The van der Waals surface area contributed by atoms with Gasteiger partial charge in [-0.05, 0) is 45.4 Å². The van der Waals surface area contributed by atoms with Crippen LogP contribution in [0.3, 0.4) is 0 Å².